The summed E-state index contributed by atoms with van der Waals surface area (Å²) < 4.78 is 16.2. The minimum atomic E-state index is -1.12. The molecule has 86 valence electrons. The van der Waals surface area contributed by atoms with Gasteiger partial charge in [0.1, 0.15) is 10.7 Å². The van der Waals surface area contributed by atoms with Gasteiger partial charge in [0, 0.05) is 26.5 Å². The molecule has 1 rings (SSSR count). The Balaban J connectivity index is 2.58. The molecule has 0 aromatic carbocycles. The fourth-order valence-corrected chi connectivity index (χ4v) is 1.79. The van der Waals surface area contributed by atoms with Crippen molar-refractivity contribution in [3.05, 3.63) is 0 Å². The highest BCUT2D eigenvalue weighted by molar-refractivity contribution is 7.84. The van der Waals surface area contributed by atoms with Crippen LogP contribution in [0.5, 0.6) is 0 Å². The zero-order valence-corrected chi connectivity index (χ0v) is 9.69. The zero-order valence-electron chi connectivity index (χ0n) is 8.87. The number of hydrogen-bond donors (Lipinski definition) is 3. The number of nitrogen functional groups attached to an aromatic ring is 1. The third-order valence-corrected chi connectivity index (χ3v) is 2.75. The van der Waals surface area contributed by atoms with Gasteiger partial charge in [0.15, 0.2) is 5.82 Å². The van der Waals surface area contributed by atoms with Gasteiger partial charge in [0.05, 0.1) is 10.8 Å². The summed E-state index contributed by atoms with van der Waals surface area (Å²) >= 11 is 0. The average molecular weight is 232 g/mol. The molecular formula is C8H16N4O2S. The Hall–Kier alpha value is -1.08. The number of methoxy groups -OCH3 is 1. The van der Waals surface area contributed by atoms with Crippen molar-refractivity contribution in [3.8, 4) is 0 Å². The van der Waals surface area contributed by atoms with E-state index in [9.17, 15) is 4.21 Å². The van der Waals surface area contributed by atoms with E-state index in [1.165, 1.54) is 0 Å². The lowest BCUT2D eigenvalue weighted by Gasteiger charge is -2.05. The summed E-state index contributed by atoms with van der Waals surface area (Å²) in [6.07, 6.45) is 2.43. The monoisotopic (exact) mass is 232 g/mol. The molecule has 4 N–H and O–H groups in total. The number of hydrogen-bond acceptors (Lipinski definition) is 5. The summed E-state index contributed by atoms with van der Waals surface area (Å²) in [5.41, 5.74) is 6.25. The number of nitrogens with zero attached hydrogens (tertiary/aromatic N) is 1. The Morgan fingerprint density at radius 3 is 3.00 bits per heavy atom. The minimum absolute atomic E-state index is 0.345. The third kappa shape index (κ3) is 3.21. The predicted octanol–water partition coefficient (Wildman–Crippen LogP) is 0.178. The Morgan fingerprint density at radius 2 is 2.40 bits per heavy atom. The number of nitrogens with two attached hydrogens (primary N) is 1. The largest absolute Gasteiger partial charge is 0.385 e. The SMILES string of the molecule is COCCCNc1c(N)n[nH]c1S(C)=O. The number of nitrogens with one attached hydrogen (secondary N) is 2. The third-order valence-electron chi connectivity index (χ3n) is 1.88. The quantitative estimate of drug-likeness (QED) is 0.608. The predicted molar refractivity (Wildman–Crippen MR) is 60.3 cm³/mol. The smallest absolute Gasteiger partial charge is 0.170 e. The van der Waals surface area contributed by atoms with E-state index in [1.54, 1.807) is 13.4 Å². The van der Waals surface area contributed by atoms with Crippen LogP contribution in [0.1, 0.15) is 6.42 Å². The molecule has 6 nitrogen and oxygen atoms in total. The van der Waals surface area contributed by atoms with E-state index in [0.29, 0.717) is 29.7 Å². The van der Waals surface area contributed by atoms with Crippen LogP contribution in [0, 0.1) is 0 Å². The molecule has 1 heterocycles. The highest BCUT2D eigenvalue weighted by Gasteiger charge is 2.12. The molecule has 7 heteroatoms. The number of ether oxygens (including phenoxy) is 1. The molecule has 0 saturated heterocycles. The van der Waals surface area contributed by atoms with Crippen molar-refractivity contribution in [2.24, 2.45) is 0 Å². The van der Waals surface area contributed by atoms with Crippen molar-refractivity contribution < 1.29 is 8.95 Å². The zero-order chi connectivity index (χ0) is 11.3. The van der Waals surface area contributed by atoms with Crippen molar-refractivity contribution in [2.45, 2.75) is 11.4 Å². The van der Waals surface area contributed by atoms with Crippen LogP contribution < -0.4 is 11.1 Å². The van der Waals surface area contributed by atoms with E-state index < -0.39 is 10.8 Å². The van der Waals surface area contributed by atoms with Gasteiger partial charge >= 0.3 is 0 Å². The maximum Gasteiger partial charge on any atom is 0.170 e. The first kappa shape index (κ1) is 12.0. The molecular weight excluding hydrogens is 216 g/mol. The van der Waals surface area contributed by atoms with Gasteiger partial charge in [-0.2, -0.15) is 5.10 Å². The Kier molecular flexibility index (Phi) is 4.57. The first-order chi connectivity index (χ1) is 7.16. The van der Waals surface area contributed by atoms with Crippen LogP contribution in [0.15, 0.2) is 5.03 Å². The molecule has 0 amide bonds. The van der Waals surface area contributed by atoms with Gasteiger partial charge < -0.3 is 15.8 Å². The lowest BCUT2D eigenvalue weighted by Crippen LogP contribution is -2.07. The van der Waals surface area contributed by atoms with Crippen LogP contribution in [-0.4, -0.2) is 40.9 Å². The van der Waals surface area contributed by atoms with Gasteiger partial charge in [-0.15, -0.1) is 0 Å². The van der Waals surface area contributed by atoms with Crippen LogP contribution in [0.2, 0.25) is 0 Å². The molecule has 0 aliphatic rings. The summed E-state index contributed by atoms with van der Waals surface area (Å²) in [6, 6.07) is 0. The molecule has 0 radical (unpaired) electrons. The van der Waals surface area contributed by atoms with Crippen molar-refractivity contribution in [2.75, 3.05) is 37.6 Å². The Bertz CT molecular complexity index is 339. The van der Waals surface area contributed by atoms with Crippen LogP contribution >= 0.6 is 0 Å². The Morgan fingerprint density at radius 1 is 1.67 bits per heavy atom. The molecule has 1 aromatic rings. The fraction of sp³-hybridized carbons (Fsp3) is 0.625. The van der Waals surface area contributed by atoms with E-state index in [1.807, 2.05) is 0 Å². The van der Waals surface area contributed by atoms with E-state index in [-0.39, 0.29) is 0 Å². The molecule has 1 atom stereocenters. The van der Waals surface area contributed by atoms with Crippen LogP contribution in [0.3, 0.4) is 0 Å². The second-order valence-electron chi connectivity index (χ2n) is 3.04. The summed E-state index contributed by atoms with van der Waals surface area (Å²) in [6.45, 7) is 1.39. The highest BCUT2D eigenvalue weighted by Crippen LogP contribution is 2.22. The first-order valence-corrected chi connectivity index (χ1v) is 6.12. The van der Waals surface area contributed by atoms with Crippen LogP contribution in [-0.2, 0) is 15.5 Å². The topological polar surface area (TPSA) is 93.0 Å². The van der Waals surface area contributed by atoms with E-state index in [4.69, 9.17) is 10.5 Å². The molecule has 1 aromatic heterocycles. The van der Waals surface area contributed by atoms with Crippen LogP contribution in [0.4, 0.5) is 11.5 Å². The summed E-state index contributed by atoms with van der Waals surface area (Å²) in [5.74, 6) is 0.345. The molecule has 0 aliphatic heterocycles. The minimum Gasteiger partial charge on any atom is -0.385 e. The molecule has 1 unspecified atom stereocenters. The van der Waals surface area contributed by atoms with Crippen LogP contribution in [0.25, 0.3) is 0 Å². The van der Waals surface area contributed by atoms with Crippen molar-refractivity contribution in [3.63, 3.8) is 0 Å². The standard InChI is InChI=1S/C8H16N4O2S/c1-14-5-3-4-10-6-7(9)11-12-8(6)15(2)13/h10H,3-5H2,1-2H3,(H3,9,11,12). The van der Waals surface area contributed by atoms with Gasteiger partial charge in [0.25, 0.3) is 0 Å². The average Bonchev–Trinajstić information content (AvgIpc) is 2.55. The van der Waals surface area contributed by atoms with Gasteiger partial charge in [-0.25, -0.2) is 0 Å². The van der Waals surface area contributed by atoms with E-state index in [2.05, 4.69) is 15.5 Å². The molecule has 15 heavy (non-hydrogen) atoms. The Labute approximate surface area is 91.0 Å². The fourth-order valence-electron chi connectivity index (χ4n) is 1.15. The first-order valence-electron chi connectivity index (χ1n) is 4.57. The second kappa shape index (κ2) is 5.72. The van der Waals surface area contributed by atoms with Crippen molar-refractivity contribution in [1.82, 2.24) is 10.2 Å². The molecule has 0 bridgehead atoms. The maximum absolute atomic E-state index is 11.3. The normalized spacial score (nSPS) is 12.7. The number of aromatic nitrogens is 2. The van der Waals surface area contributed by atoms with Gasteiger partial charge in [-0.05, 0) is 6.42 Å². The van der Waals surface area contributed by atoms with Gasteiger partial charge in [0.2, 0.25) is 0 Å². The molecule has 0 spiro atoms. The summed E-state index contributed by atoms with van der Waals surface area (Å²) in [5, 5.41) is 10.1. The van der Waals surface area contributed by atoms with Crippen molar-refractivity contribution in [1.29, 1.82) is 0 Å². The lowest BCUT2D eigenvalue weighted by atomic mass is 10.4. The molecule has 0 aliphatic carbocycles. The van der Waals surface area contributed by atoms with Gasteiger partial charge in [-0.3, -0.25) is 9.31 Å². The van der Waals surface area contributed by atoms with E-state index >= 15 is 0 Å². The lowest BCUT2D eigenvalue weighted by molar-refractivity contribution is 0.198. The summed E-state index contributed by atoms with van der Waals surface area (Å²) in [4.78, 5) is 0. The maximum atomic E-state index is 11.3. The summed E-state index contributed by atoms with van der Waals surface area (Å²) in [7, 11) is 0.533. The number of H-pyrrole nitrogens is 1. The van der Waals surface area contributed by atoms with E-state index in [0.717, 1.165) is 6.42 Å². The van der Waals surface area contributed by atoms with Gasteiger partial charge in [-0.1, -0.05) is 0 Å². The number of rotatable bonds is 6. The molecule has 0 fully saturated rings. The molecule has 0 saturated carbocycles. The number of anilines is 2. The highest BCUT2D eigenvalue weighted by atomic mass is 32.2. The second-order valence-corrected chi connectivity index (χ2v) is 4.36. The van der Waals surface area contributed by atoms with Crippen molar-refractivity contribution >= 4 is 22.3 Å². The number of aromatic amines is 1.